The van der Waals surface area contributed by atoms with E-state index in [1.165, 1.54) is 29.4 Å². The Morgan fingerprint density at radius 3 is 2.34 bits per heavy atom. The van der Waals surface area contributed by atoms with Gasteiger partial charge in [-0.2, -0.15) is 0 Å². The fraction of sp³-hybridized carbons (Fsp3) is 0.217. The molecule has 6 nitrogen and oxygen atoms in total. The maximum Gasteiger partial charge on any atom is 0.257 e. The Labute approximate surface area is 169 Å². The van der Waals surface area contributed by atoms with Gasteiger partial charge in [-0.15, -0.1) is 0 Å². The zero-order chi connectivity index (χ0) is 20.8. The number of nitrogens with one attached hydrogen (secondary N) is 1. The van der Waals surface area contributed by atoms with E-state index in [0.29, 0.717) is 29.3 Å². The SMILES string of the molecule is CCc1ccc(Cn2cc(C(=O)Nc3cc(OC)ccc3OC)ccc2=O)cc1. The van der Waals surface area contributed by atoms with Crippen molar-refractivity contribution in [2.24, 2.45) is 0 Å². The molecule has 150 valence electrons. The van der Waals surface area contributed by atoms with Crippen LogP contribution in [0.15, 0.2) is 65.6 Å². The van der Waals surface area contributed by atoms with Crippen LogP contribution in [-0.4, -0.2) is 24.7 Å². The van der Waals surface area contributed by atoms with E-state index in [4.69, 9.17) is 9.47 Å². The van der Waals surface area contributed by atoms with Crippen molar-refractivity contribution in [2.75, 3.05) is 19.5 Å². The van der Waals surface area contributed by atoms with E-state index >= 15 is 0 Å². The quantitative estimate of drug-likeness (QED) is 0.665. The number of ether oxygens (including phenoxy) is 2. The summed E-state index contributed by atoms with van der Waals surface area (Å²) < 4.78 is 12.0. The van der Waals surface area contributed by atoms with Gasteiger partial charge >= 0.3 is 0 Å². The van der Waals surface area contributed by atoms with Crippen LogP contribution in [-0.2, 0) is 13.0 Å². The van der Waals surface area contributed by atoms with Crippen molar-refractivity contribution in [3.63, 3.8) is 0 Å². The van der Waals surface area contributed by atoms with Crippen LogP contribution in [0.4, 0.5) is 5.69 Å². The summed E-state index contributed by atoms with van der Waals surface area (Å²) >= 11 is 0. The Balaban J connectivity index is 1.83. The first-order valence-corrected chi connectivity index (χ1v) is 9.35. The molecule has 1 N–H and O–H groups in total. The number of amides is 1. The molecule has 1 aromatic heterocycles. The Bertz CT molecular complexity index is 1060. The second-order valence-corrected chi connectivity index (χ2v) is 6.57. The summed E-state index contributed by atoms with van der Waals surface area (Å²) in [5, 5.41) is 2.82. The summed E-state index contributed by atoms with van der Waals surface area (Å²) in [5.74, 6) is 0.775. The van der Waals surface area contributed by atoms with Crippen LogP contribution in [0.1, 0.15) is 28.4 Å². The van der Waals surface area contributed by atoms with Crippen LogP contribution in [0.3, 0.4) is 0 Å². The highest BCUT2D eigenvalue weighted by Crippen LogP contribution is 2.29. The van der Waals surface area contributed by atoms with Gasteiger partial charge in [0.25, 0.3) is 11.5 Å². The third-order valence-electron chi connectivity index (χ3n) is 4.68. The number of anilines is 1. The number of carbonyl (C=O) groups excluding carboxylic acids is 1. The second kappa shape index (κ2) is 9.10. The molecule has 0 unspecified atom stereocenters. The second-order valence-electron chi connectivity index (χ2n) is 6.57. The fourth-order valence-electron chi connectivity index (χ4n) is 2.97. The molecular formula is C23H24N2O4. The molecule has 0 atom stereocenters. The standard InChI is InChI=1S/C23H24N2O4/c1-4-16-5-7-17(8-6-16)14-25-15-18(9-12-22(25)26)23(27)24-20-13-19(28-2)10-11-21(20)29-3/h5-13,15H,4,14H2,1-3H3,(H,24,27). The van der Waals surface area contributed by atoms with Crippen LogP contribution in [0.25, 0.3) is 0 Å². The molecule has 6 heteroatoms. The van der Waals surface area contributed by atoms with Crippen molar-refractivity contribution < 1.29 is 14.3 Å². The van der Waals surface area contributed by atoms with E-state index in [0.717, 1.165) is 12.0 Å². The molecular weight excluding hydrogens is 368 g/mol. The van der Waals surface area contributed by atoms with Crippen molar-refractivity contribution in [1.29, 1.82) is 0 Å². The number of pyridine rings is 1. The number of rotatable bonds is 7. The number of hydrogen-bond acceptors (Lipinski definition) is 4. The molecule has 1 amide bonds. The lowest BCUT2D eigenvalue weighted by Gasteiger charge is -2.13. The predicted octanol–water partition coefficient (Wildman–Crippen LogP) is 3.73. The van der Waals surface area contributed by atoms with Gasteiger partial charge in [0.05, 0.1) is 32.0 Å². The van der Waals surface area contributed by atoms with E-state index in [1.807, 2.05) is 24.3 Å². The maximum atomic E-state index is 12.8. The Kier molecular flexibility index (Phi) is 6.34. The Morgan fingerprint density at radius 1 is 0.966 bits per heavy atom. The highest BCUT2D eigenvalue weighted by atomic mass is 16.5. The molecule has 3 rings (SSSR count). The minimum absolute atomic E-state index is 0.167. The van der Waals surface area contributed by atoms with Crippen molar-refractivity contribution in [3.05, 3.63) is 87.8 Å². The number of methoxy groups -OCH3 is 2. The first-order valence-electron chi connectivity index (χ1n) is 9.35. The summed E-state index contributed by atoms with van der Waals surface area (Å²) in [4.78, 5) is 25.0. The number of carbonyl (C=O) groups is 1. The predicted molar refractivity (Wildman–Crippen MR) is 113 cm³/mol. The molecule has 0 radical (unpaired) electrons. The first kappa shape index (κ1) is 20.2. The molecule has 0 saturated heterocycles. The van der Waals surface area contributed by atoms with Gasteiger partial charge in [-0.3, -0.25) is 9.59 Å². The molecule has 0 aliphatic heterocycles. The summed E-state index contributed by atoms with van der Waals surface area (Å²) in [6, 6.07) is 16.2. The lowest BCUT2D eigenvalue weighted by Crippen LogP contribution is -2.22. The average molecular weight is 392 g/mol. The zero-order valence-corrected chi connectivity index (χ0v) is 16.8. The van der Waals surface area contributed by atoms with Gasteiger partial charge in [0.1, 0.15) is 11.5 Å². The minimum Gasteiger partial charge on any atom is -0.497 e. The molecule has 2 aromatic carbocycles. The van der Waals surface area contributed by atoms with Gasteiger partial charge in [-0.05, 0) is 35.7 Å². The third-order valence-corrected chi connectivity index (χ3v) is 4.68. The highest BCUT2D eigenvalue weighted by Gasteiger charge is 2.12. The monoisotopic (exact) mass is 392 g/mol. The van der Waals surface area contributed by atoms with Crippen molar-refractivity contribution in [2.45, 2.75) is 19.9 Å². The number of benzene rings is 2. The number of aryl methyl sites for hydroxylation is 1. The summed E-state index contributed by atoms with van der Waals surface area (Å²) in [6.45, 7) is 2.49. The van der Waals surface area contributed by atoms with Crippen molar-refractivity contribution >= 4 is 11.6 Å². The molecule has 1 heterocycles. The van der Waals surface area contributed by atoms with E-state index in [9.17, 15) is 9.59 Å². The first-order chi connectivity index (χ1) is 14.0. The largest absolute Gasteiger partial charge is 0.497 e. The van der Waals surface area contributed by atoms with Gasteiger partial charge in [0.2, 0.25) is 0 Å². The van der Waals surface area contributed by atoms with Crippen LogP contribution in [0, 0.1) is 0 Å². The van der Waals surface area contributed by atoms with Gasteiger partial charge in [0, 0.05) is 18.3 Å². The number of hydrogen-bond donors (Lipinski definition) is 1. The molecule has 3 aromatic rings. The van der Waals surface area contributed by atoms with Gasteiger partial charge < -0.3 is 19.4 Å². The number of aromatic nitrogens is 1. The van der Waals surface area contributed by atoms with Gasteiger partial charge in [-0.25, -0.2) is 0 Å². The van der Waals surface area contributed by atoms with E-state index < -0.39 is 0 Å². The van der Waals surface area contributed by atoms with Crippen LogP contribution in [0.5, 0.6) is 11.5 Å². The topological polar surface area (TPSA) is 69.6 Å². The molecule has 0 bridgehead atoms. The van der Waals surface area contributed by atoms with E-state index in [2.05, 4.69) is 12.2 Å². The lowest BCUT2D eigenvalue weighted by molar-refractivity contribution is 0.102. The highest BCUT2D eigenvalue weighted by molar-refractivity contribution is 6.04. The van der Waals surface area contributed by atoms with Crippen LogP contribution in [0.2, 0.25) is 0 Å². The normalized spacial score (nSPS) is 10.4. The summed E-state index contributed by atoms with van der Waals surface area (Å²) in [6.07, 6.45) is 2.53. The van der Waals surface area contributed by atoms with E-state index in [-0.39, 0.29) is 11.5 Å². The van der Waals surface area contributed by atoms with Crippen LogP contribution < -0.4 is 20.3 Å². The van der Waals surface area contributed by atoms with Crippen molar-refractivity contribution in [1.82, 2.24) is 4.57 Å². The Morgan fingerprint density at radius 2 is 1.69 bits per heavy atom. The molecule has 0 fully saturated rings. The van der Waals surface area contributed by atoms with Crippen LogP contribution >= 0.6 is 0 Å². The van der Waals surface area contributed by atoms with Gasteiger partial charge in [-0.1, -0.05) is 31.2 Å². The molecule has 0 aliphatic rings. The lowest BCUT2D eigenvalue weighted by atomic mass is 10.1. The zero-order valence-electron chi connectivity index (χ0n) is 16.8. The smallest absolute Gasteiger partial charge is 0.257 e. The van der Waals surface area contributed by atoms with E-state index in [1.54, 1.807) is 31.5 Å². The summed E-state index contributed by atoms with van der Waals surface area (Å²) in [7, 11) is 3.08. The number of nitrogens with zero attached hydrogens (tertiary/aromatic N) is 1. The minimum atomic E-state index is -0.341. The molecule has 0 spiro atoms. The Hall–Kier alpha value is -3.54. The average Bonchev–Trinajstić information content (AvgIpc) is 2.75. The molecule has 0 saturated carbocycles. The van der Waals surface area contributed by atoms with Gasteiger partial charge in [0.15, 0.2) is 0 Å². The molecule has 0 aliphatic carbocycles. The fourth-order valence-corrected chi connectivity index (χ4v) is 2.97. The van der Waals surface area contributed by atoms with Crippen molar-refractivity contribution in [3.8, 4) is 11.5 Å². The molecule has 29 heavy (non-hydrogen) atoms. The summed E-state index contributed by atoms with van der Waals surface area (Å²) in [5.41, 5.74) is 2.93. The maximum absolute atomic E-state index is 12.8. The third kappa shape index (κ3) is 4.85.